The Kier molecular flexibility index (Phi) is 7.39. The van der Waals surface area contributed by atoms with Crippen LogP contribution < -0.4 is 10.6 Å². The van der Waals surface area contributed by atoms with Gasteiger partial charge in [0.1, 0.15) is 11.4 Å². The van der Waals surface area contributed by atoms with Crippen LogP contribution in [0.2, 0.25) is 0 Å². The number of hydrogen-bond acceptors (Lipinski definition) is 4. The Balaban J connectivity index is 1.93. The summed E-state index contributed by atoms with van der Waals surface area (Å²) < 4.78 is 61.4. The molecule has 1 saturated heterocycles. The highest BCUT2D eigenvalue weighted by Gasteiger charge is 2.56. The van der Waals surface area contributed by atoms with Crippen molar-refractivity contribution in [1.82, 2.24) is 9.88 Å². The van der Waals surface area contributed by atoms with E-state index in [1.807, 2.05) is 5.32 Å². The molecule has 0 spiro atoms. The summed E-state index contributed by atoms with van der Waals surface area (Å²) in [6.07, 6.45) is -5.79. The molecule has 11 heteroatoms. The summed E-state index contributed by atoms with van der Waals surface area (Å²) >= 11 is 0. The van der Waals surface area contributed by atoms with Crippen LogP contribution >= 0.6 is 0 Å². The van der Waals surface area contributed by atoms with Crippen molar-refractivity contribution in [2.24, 2.45) is 0 Å². The Labute approximate surface area is 199 Å². The lowest BCUT2D eigenvalue weighted by Crippen LogP contribution is -2.62. The van der Waals surface area contributed by atoms with Gasteiger partial charge in [-0.25, -0.2) is 4.39 Å². The second kappa shape index (κ2) is 9.80. The average Bonchev–Trinajstić information content (AvgIpc) is 3.04. The highest BCUT2D eigenvalue weighted by atomic mass is 19.4. The number of Topliss-reactive ketones (excluding diaryl/α,β-unsaturated/α-hetero) is 1. The summed E-state index contributed by atoms with van der Waals surface area (Å²) in [5.41, 5.74) is -1.43. The maximum atomic E-state index is 13.8. The van der Waals surface area contributed by atoms with Crippen LogP contribution in [0.5, 0.6) is 0 Å². The average molecular weight is 497 g/mol. The standard InChI is InChI=1S/C24H27F4N3O4/c1-5-31-15(4)18(21(33)29-16-6-7-17(25)13(2)12-16)14(3)19(31)20(32)22(34)30-23(24(26,27)28)8-10-35-11-9-23/h6-7,12H,5,8-11H2,1-4H3,(H,29,33)(H,30,34). The number of halogens is 4. The smallest absolute Gasteiger partial charge is 0.381 e. The highest BCUT2D eigenvalue weighted by molar-refractivity contribution is 6.43. The fourth-order valence-electron chi connectivity index (χ4n) is 4.41. The molecule has 0 bridgehead atoms. The van der Waals surface area contributed by atoms with Crippen molar-refractivity contribution in [2.75, 3.05) is 18.5 Å². The van der Waals surface area contributed by atoms with Gasteiger partial charge in [-0.15, -0.1) is 0 Å². The van der Waals surface area contributed by atoms with Gasteiger partial charge in [-0.05, 0) is 57.0 Å². The Morgan fingerprint density at radius 3 is 2.29 bits per heavy atom. The number of ketones is 1. The first-order valence-corrected chi connectivity index (χ1v) is 11.1. The number of hydrogen-bond donors (Lipinski definition) is 2. The lowest BCUT2D eigenvalue weighted by atomic mass is 9.89. The molecule has 1 aromatic carbocycles. The number of amides is 2. The number of carbonyl (C=O) groups excluding carboxylic acids is 3. The summed E-state index contributed by atoms with van der Waals surface area (Å²) in [7, 11) is 0. The maximum absolute atomic E-state index is 13.8. The van der Waals surface area contributed by atoms with E-state index < -0.39 is 48.0 Å². The molecule has 0 unspecified atom stereocenters. The Morgan fingerprint density at radius 1 is 1.11 bits per heavy atom. The minimum Gasteiger partial charge on any atom is -0.381 e. The van der Waals surface area contributed by atoms with Gasteiger partial charge >= 0.3 is 6.18 Å². The topological polar surface area (TPSA) is 89.4 Å². The third kappa shape index (κ3) is 4.95. The lowest BCUT2D eigenvalue weighted by molar-refractivity contribution is -0.216. The molecule has 7 nitrogen and oxygen atoms in total. The van der Waals surface area contributed by atoms with Crippen LogP contribution in [0.25, 0.3) is 0 Å². The predicted molar refractivity (Wildman–Crippen MR) is 120 cm³/mol. The number of aromatic nitrogens is 1. The SMILES string of the molecule is CCn1c(C)c(C(=O)Nc2ccc(F)c(C)c2)c(C)c1C(=O)C(=O)NC1(C(F)(F)F)CCOCC1. The van der Waals surface area contributed by atoms with E-state index >= 15 is 0 Å². The van der Waals surface area contributed by atoms with Gasteiger partial charge in [0.15, 0.2) is 0 Å². The Morgan fingerprint density at radius 2 is 1.74 bits per heavy atom. The third-order valence-corrected chi connectivity index (χ3v) is 6.39. The molecule has 2 amide bonds. The molecule has 1 aliphatic heterocycles. The van der Waals surface area contributed by atoms with E-state index in [1.165, 1.54) is 36.6 Å². The summed E-state index contributed by atoms with van der Waals surface area (Å²) in [5, 5.41) is 4.55. The molecule has 0 saturated carbocycles. The zero-order valence-corrected chi connectivity index (χ0v) is 19.9. The van der Waals surface area contributed by atoms with Gasteiger partial charge in [0.05, 0.1) is 11.3 Å². The first-order chi connectivity index (χ1) is 16.3. The normalized spacial score (nSPS) is 15.5. The van der Waals surface area contributed by atoms with Crippen molar-refractivity contribution in [1.29, 1.82) is 0 Å². The van der Waals surface area contributed by atoms with E-state index in [-0.39, 0.29) is 36.6 Å². The quantitative estimate of drug-likeness (QED) is 0.355. The maximum Gasteiger partial charge on any atom is 0.411 e. The largest absolute Gasteiger partial charge is 0.411 e. The van der Waals surface area contributed by atoms with Gasteiger partial charge in [-0.2, -0.15) is 13.2 Å². The van der Waals surface area contributed by atoms with Crippen molar-refractivity contribution in [2.45, 2.75) is 58.8 Å². The number of carbonyl (C=O) groups is 3. The van der Waals surface area contributed by atoms with Gasteiger partial charge in [0.2, 0.25) is 0 Å². The van der Waals surface area contributed by atoms with Crippen molar-refractivity contribution in [3.63, 3.8) is 0 Å². The van der Waals surface area contributed by atoms with Gasteiger partial charge in [-0.3, -0.25) is 14.4 Å². The summed E-state index contributed by atoms with van der Waals surface area (Å²) in [4.78, 5) is 38.9. The van der Waals surface area contributed by atoms with Crippen LogP contribution in [-0.4, -0.2) is 47.1 Å². The van der Waals surface area contributed by atoms with Gasteiger partial charge in [0, 0.05) is 44.0 Å². The van der Waals surface area contributed by atoms with Gasteiger partial charge < -0.3 is 19.9 Å². The molecule has 1 aliphatic rings. The molecule has 1 aromatic heterocycles. The molecule has 0 atom stereocenters. The Hall–Kier alpha value is -3.21. The summed E-state index contributed by atoms with van der Waals surface area (Å²) in [6, 6.07) is 4.03. The third-order valence-electron chi connectivity index (χ3n) is 6.39. The van der Waals surface area contributed by atoms with Crippen LogP contribution in [0.3, 0.4) is 0 Å². The van der Waals surface area contributed by atoms with Crippen LogP contribution in [0.4, 0.5) is 23.2 Å². The van der Waals surface area contributed by atoms with Crippen LogP contribution in [0, 0.1) is 26.6 Å². The number of rotatable bonds is 6. The molecule has 35 heavy (non-hydrogen) atoms. The van der Waals surface area contributed by atoms with Crippen LogP contribution in [0.1, 0.15) is 57.4 Å². The zero-order chi connectivity index (χ0) is 26.1. The second-order valence-corrected chi connectivity index (χ2v) is 8.57. The highest BCUT2D eigenvalue weighted by Crippen LogP contribution is 2.38. The molecular weight excluding hydrogens is 470 g/mol. The minimum absolute atomic E-state index is 0.113. The van der Waals surface area contributed by atoms with Crippen molar-refractivity contribution < 1.29 is 36.7 Å². The number of anilines is 1. The molecule has 1 fully saturated rings. The van der Waals surface area contributed by atoms with E-state index in [1.54, 1.807) is 13.8 Å². The fraction of sp³-hybridized carbons (Fsp3) is 0.458. The Bertz CT molecular complexity index is 1160. The van der Waals surface area contributed by atoms with Gasteiger partial charge in [0.25, 0.3) is 17.6 Å². The first-order valence-electron chi connectivity index (χ1n) is 11.1. The van der Waals surface area contributed by atoms with E-state index in [9.17, 15) is 31.9 Å². The molecule has 190 valence electrons. The zero-order valence-electron chi connectivity index (χ0n) is 19.9. The molecule has 3 rings (SSSR count). The van der Waals surface area contributed by atoms with Crippen molar-refractivity contribution in [3.05, 3.63) is 52.1 Å². The molecule has 2 heterocycles. The molecule has 0 aliphatic carbocycles. The minimum atomic E-state index is -4.78. The van der Waals surface area contributed by atoms with E-state index in [0.29, 0.717) is 16.9 Å². The molecule has 2 aromatic rings. The fourth-order valence-corrected chi connectivity index (χ4v) is 4.41. The van der Waals surface area contributed by atoms with Crippen molar-refractivity contribution >= 4 is 23.3 Å². The summed E-state index contributed by atoms with van der Waals surface area (Å²) in [6.45, 7) is 6.04. The van der Waals surface area contributed by atoms with Gasteiger partial charge in [-0.1, -0.05) is 0 Å². The van der Waals surface area contributed by atoms with Crippen molar-refractivity contribution in [3.8, 4) is 0 Å². The van der Waals surface area contributed by atoms with E-state index in [0.717, 1.165) is 0 Å². The van der Waals surface area contributed by atoms with Crippen LogP contribution in [-0.2, 0) is 16.1 Å². The second-order valence-electron chi connectivity index (χ2n) is 8.57. The van der Waals surface area contributed by atoms with E-state index in [2.05, 4.69) is 5.32 Å². The molecule has 2 N–H and O–H groups in total. The number of nitrogens with one attached hydrogen (secondary N) is 2. The monoisotopic (exact) mass is 497 g/mol. The lowest BCUT2D eigenvalue weighted by Gasteiger charge is -2.39. The van der Waals surface area contributed by atoms with E-state index in [4.69, 9.17) is 4.74 Å². The molecule has 0 radical (unpaired) electrons. The predicted octanol–water partition coefficient (Wildman–Crippen LogP) is 4.24. The number of ether oxygens (including phenoxy) is 1. The van der Waals surface area contributed by atoms with Crippen LogP contribution in [0.15, 0.2) is 18.2 Å². The molecular formula is C24H27F4N3O4. The summed E-state index contributed by atoms with van der Waals surface area (Å²) in [5.74, 6) is -3.60. The number of nitrogens with zero attached hydrogens (tertiary/aromatic N) is 1. The first kappa shape index (κ1) is 26.4. The number of aryl methyl sites for hydroxylation is 1. The number of alkyl halides is 3. The number of benzene rings is 1.